The molecule has 5 nitrogen and oxygen atoms in total. The average molecular weight is 358 g/mol. The normalized spacial score (nSPS) is 13.4. The Kier molecular flexibility index (Phi) is 6.68. The lowest BCUT2D eigenvalue weighted by Gasteiger charge is -2.22. The van der Waals surface area contributed by atoms with E-state index in [2.05, 4.69) is 26.0 Å². The maximum Gasteiger partial charge on any atom is 0.328 e. The van der Waals surface area contributed by atoms with Crippen molar-refractivity contribution in [2.24, 2.45) is 5.92 Å². The molecule has 2 unspecified atom stereocenters. The van der Waals surface area contributed by atoms with Gasteiger partial charge in [0.05, 0.1) is 7.11 Å². The summed E-state index contributed by atoms with van der Waals surface area (Å²) in [4.78, 5) is 23.7. The summed E-state index contributed by atoms with van der Waals surface area (Å²) in [5.74, 6) is -0.308. The maximum absolute atomic E-state index is 12.1. The Bertz CT molecular complexity index is 487. The quantitative estimate of drug-likeness (QED) is 0.794. The number of hydrogen-bond donors (Lipinski definition) is 1. The Morgan fingerprint density at radius 2 is 1.71 bits per heavy atom. The molecule has 0 saturated heterocycles. The van der Waals surface area contributed by atoms with Gasteiger partial charge >= 0.3 is 5.97 Å². The highest BCUT2D eigenvalue weighted by Gasteiger charge is 2.27. The predicted molar refractivity (Wildman–Crippen MR) is 83.0 cm³/mol. The van der Waals surface area contributed by atoms with E-state index in [0.29, 0.717) is 5.75 Å². The third-order valence-electron chi connectivity index (χ3n) is 2.92. The van der Waals surface area contributed by atoms with Crippen LogP contribution in [0.5, 0.6) is 5.75 Å². The van der Waals surface area contributed by atoms with E-state index in [1.54, 1.807) is 19.1 Å². The van der Waals surface area contributed by atoms with Gasteiger partial charge in [-0.1, -0.05) is 29.8 Å². The van der Waals surface area contributed by atoms with Crippen molar-refractivity contribution in [1.82, 2.24) is 5.32 Å². The largest absolute Gasteiger partial charge is 0.481 e. The third kappa shape index (κ3) is 5.38. The van der Waals surface area contributed by atoms with Crippen LogP contribution < -0.4 is 10.1 Å². The zero-order valence-electron chi connectivity index (χ0n) is 12.6. The van der Waals surface area contributed by atoms with Gasteiger partial charge in [-0.3, -0.25) is 4.79 Å². The molecule has 1 amide bonds. The lowest BCUT2D eigenvalue weighted by Crippen LogP contribution is -2.49. The van der Waals surface area contributed by atoms with Crippen LogP contribution in [0, 0.1) is 5.92 Å². The fraction of sp³-hybridized carbons (Fsp3) is 0.467. The van der Waals surface area contributed by atoms with E-state index in [-0.39, 0.29) is 11.8 Å². The van der Waals surface area contributed by atoms with Crippen LogP contribution in [0.25, 0.3) is 0 Å². The van der Waals surface area contributed by atoms with Crippen molar-refractivity contribution in [2.45, 2.75) is 32.9 Å². The van der Waals surface area contributed by atoms with Crippen LogP contribution in [-0.4, -0.2) is 31.1 Å². The number of amides is 1. The molecule has 21 heavy (non-hydrogen) atoms. The summed E-state index contributed by atoms with van der Waals surface area (Å²) in [6, 6.07) is 6.48. The zero-order valence-corrected chi connectivity index (χ0v) is 14.1. The first-order valence-corrected chi connectivity index (χ1v) is 7.45. The Morgan fingerprint density at radius 3 is 2.19 bits per heavy atom. The van der Waals surface area contributed by atoms with Gasteiger partial charge in [0.15, 0.2) is 6.10 Å². The Hall–Kier alpha value is -1.56. The van der Waals surface area contributed by atoms with Crippen LogP contribution in [0.15, 0.2) is 28.7 Å². The van der Waals surface area contributed by atoms with Crippen molar-refractivity contribution in [2.75, 3.05) is 7.11 Å². The number of hydrogen-bond acceptors (Lipinski definition) is 4. The van der Waals surface area contributed by atoms with E-state index < -0.39 is 18.1 Å². The molecule has 0 saturated carbocycles. The fourth-order valence-electron chi connectivity index (χ4n) is 1.67. The van der Waals surface area contributed by atoms with E-state index in [9.17, 15) is 9.59 Å². The smallest absolute Gasteiger partial charge is 0.328 e. The molecular formula is C15H20BrNO4. The number of carbonyl (C=O) groups is 2. The number of ether oxygens (including phenoxy) is 2. The average Bonchev–Trinajstić information content (AvgIpc) is 2.45. The second-order valence-corrected chi connectivity index (χ2v) is 5.88. The molecule has 6 heteroatoms. The molecular weight excluding hydrogens is 338 g/mol. The lowest BCUT2D eigenvalue weighted by molar-refractivity contribution is -0.147. The number of nitrogens with one attached hydrogen (secondary N) is 1. The van der Waals surface area contributed by atoms with Gasteiger partial charge in [0.25, 0.3) is 5.91 Å². The van der Waals surface area contributed by atoms with Gasteiger partial charge in [0, 0.05) is 4.47 Å². The summed E-state index contributed by atoms with van der Waals surface area (Å²) in [6.45, 7) is 5.30. The van der Waals surface area contributed by atoms with Crippen molar-refractivity contribution in [3.05, 3.63) is 28.7 Å². The van der Waals surface area contributed by atoms with Crippen molar-refractivity contribution in [3.8, 4) is 5.75 Å². The minimum Gasteiger partial charge on any atom is -0.481 e. The molecule has 0 spiro atoms. The number of halogens is 1. The van der Waals surface area contributed by atoms with Crippen LogP contribution in [0.1, 0.15) is 20.8 Å². The summed E-state index contributed by atoms with van der Waals surface area (Å²) in [6.07, 6.45) is -0.711. The Morgan fingerprint density at radius 1 is 1.14 bits per heavy atom. The number of carbonyl (C=O) groups excluding carboxylic acids is 2. The first kappa shape index (κ1) is 17.5. The van der Waals surface area contributed by atoms with Crippen LogP contribution in [-0.2, 0) is 14.3 Å². The molecule has 0 radical (unpaired) electrons. The van der Waals surface area contributed by atoms with E-state index in [1.807, 2.05) is 26.0 Å². The van der Waals surface area contributed by atoms with Gasteiger partial charge < -0.3 is 14.8 Å². The summed E-state index contributed by atoms with van der Waals surface area (Å²) in [5.41, 5.74) is 0. The van der Waals surface area contributed by atoms with Crippen LogP contribution in [0.2, 0.25) is 0 Å². The monoisotopic (exact) mass is 357 g/mol. The number of methoxy groups -OCH3 is 1. The minimum absolute atomic E-state index is 0.0683. The summed E-state index contributed by atoms with van der Waals surface area (Å²) in [7, 11) is 1.30. The fourth-order valence-corrected chi connectivity index (χ4v) is 1.93. The van der Waals surface area contributed by atoms with Gasteiger partial charge in [-0.2, -0.15) is 0 Å². The molecule has 1 rings (SSSR count). The maximum atomic E-state index is 12.1. The predicted octanol–water partition coefficient (Wildman–Crippen LogP) is 2.53. The first-order valence-electron chi connectivity index (χ1n) is 6.65. The number of benzene rings is 1. The standard InChI is InChI=1S/C15H20BrNO4/c1-9(2)13(15(19)20-4)17-14(18)10(3)21-12-7-5-11(16)6-8-12/h5-10,13H,1-4H3,(H,17,18). The van der Waals surface area contributed by atoms with E-state index >= 15 is 0 Å². The highest BCUT2D eigenvalue weighted by atomic mass is 79.9. The summed E-state index contributed by atoms with van der Waals surface area (Å²) < 4.78 is 11.2. The third-order valence-corrected chi connectivity index (χ3v) is 3.44. The van der Waals surface area contributed by atoms with Crippen LogP contribution >= 0.6 is 15.9 Å². The van der Waals surface area contributed by atoms with Gasteiger partial charge in [-0.05, 0) is 37.1 Å². The SMILES string of the molecule is COC(=O)C(NC(=O)C(C)Oc1ccc(Br)cc1)C(C)C. The number of rotatable bonds is 6. The molecule has 1 aromatic rings. The Labute approximate surface area is 133 Å². The second kappa shape index (κ2) is 8.02. The molecule has 0 aliphatic rings. The van der Waals surface area contributed by atoms with Gasteiger partial charge in [0.2, 0.25) is 0 Å². The molecule has 0 aliphatic heterocycles. The van der Waals surface area contributed by atoms with E-state index in [1.165, 1.54) is 7.11 Å². The molecule has 0 heterocycles. The molecule has 0 bridgehead atoms. The van der Waals surface area contributed by atoms with Crippen molar-refractivity contribution in [3.63, 3.8) is 0 Å². The van der Waals surface area contributed by atoms with Gasteiger partial charge in [-0.15, -0.1) is 0 Å². The topological polar surface area (TPSA) is 64.6 Å². The van der Waals surface area contributed by atoms with Gasteiger partial charge in [-0.25, -0.2) is 4.79 Å². The molecule has 1 N–H and O–H groups in total. The highest BCUT2D eigenvalue weighted by molar-refractivity contribution is 9.10. The minimum atomic E-state index is -0.711. The highest BCUT2D eigenvalue weighted by Crippen LogP contribution is 2.17. The van der Waals surface area contributed by atoms with Crippen molar-refractivity contribution >= 4 is 27.8 Å². The van der Waals surface area contributed by atoms with Crippen LogP contribution in [0.4, 0.5) is 0 Å². The van der Waals surface area contributed by atoms with Gasteiger partial charge in [0.1, 0.15) is 11.8 Å². The molecule has 1 aromatic carbocycles. The van der Waals surface area contributed by atoms with Crippen molar-refractivity contribution in [1.29, 1.82) is 0 Å². The Balaban J connectivity index is 2.64. The molecule has 0 aliphatic carbocycles. The molecule has 0 fully saturated rings. The zero-order chi connectivity index (χ0) is 16.0. The second-order valence-electron chi connectivity index (χ2n) is 4.97. The summed E-state index contributed by atoms with van der Waals surface area (Å²) >= 11 is 3.33. The van der Waals surface area contributed by atoms with Crippen LogP contribution in [0.3, 0.4) is 0 Å². The van der Waals surface area contributed by atoms with E-state index in [0.717, 1.165) is 4.47 Å². The summed E-state index contributed by atoms with van der Waals surface area (Å²) in [5, 5.41) is 2.65. The van der Waals surface area contributed by atoms with E-state index in [4.69, 9.17) is 4.74 Å². The molecule has 116 valence electrons. The number of esters is 1. The lowest BCUT2D eigenvalue weighted by atomic mass is 10.0. The van der Waals surface area contributed by atoms with Crippen molar-refractivity contribution < 1.29 is 19.1 Å². The molecule has 2 atom stereocenters. The molecule has 0 aromatic heterocycles. The first-order chi connectivity index (χ1) is 9.85.